The molecule has 0 N–H and O–H groups in total. The van der Waals surface area contributed by atoms with Gasteiger partial charge in [-0.3, -0.25) is 9.59 Å². The Balaban J connectivity index is 1.20. The number of aryl methyl sites for hydroxylation is 4. The minimum Gasteiger partial charge on any atom is -0.387 e. The first-order valence-electron chi connectivity index (χ1n) is 13.2. The van der Waals surface area contributed by atoms with Crippen LogP contribution in [0.5, 0.6) is 0 Å². The molecule has 0 saturated carbocycles. The Labute approximate surface area is 234 Å². The molecule has 4 heterocycles. The van der Waals surface area contributed by atoms with E-state index in [1.165, 1.54) is 35.2 Å². The lowest BCUT2D eigenvalue weighted by Crippen LogP contribution is -2.42. The second kappa shape index (κ2) is 10.8. The van der Waals surface area contributed by atoms with E-state index in [2.05, 4.69) is 38.1 Å². The van der Waals surface area contributed by atoms with Gasteiger partial charge < -0.3 is 14.3 Å². The number of pyridine rings is 1. The van der Waals surface area contributed by atoms with Crippen LogP contribution in [0.3, 0.4) is 0 Å². The highest BCUT2D eigenvalue weighted by atomic mass is 32.1. The van der Waals surface area contributed by atoms with E-state index >= 15 is 0 Å². The second-order valence-electron chi connectivity index (χ2n) is 10.7. The number of oxime groups is 1. The van der Waals surface area contributed by atoms with Crippen molar-refractivity contribution in [2.24, 2.45) is 5.16 Å². The smallest absolute Gasteiger partial charge is 0.387 e. The van der Waals surface area contributed by atoms with Crippen LogP contribution in [0.15, 0.2) is 39.6 Å². The Morgan fingerprint density at radius 1 is 1.10 bits per heavy atom. The molecule has 1 amide bonds. The minimum atomic E-state index is -4.77. The van der Waals surface area contributed by atoms with Crippen molar-refractivity contribution in [2.45, 2.75) is 71.7 Å². The molecule has 2 aliphatic heterocycles. The predicted octanol–water partition coefficient (Wildman–Crippen LogP) is 5.83. The summed E-state index contributed by atoms with van der Waals surface area (Å²) in [5.74, 6) is -0.200. The van der Waals surface area contributed by atoms with Crippen molar-refractivity contribution in [3.63, 3.8) is 0 Å². The molecular weight excluding hydrogens is 541 g/mol. The van der Waals surface area contributed by atoms with E-state index in [-0.39, 0.29) is 17.9 Å². The van der Waals surface area contributed by atoms with Gasteiger partial charge in [0.05, 0.1) is 10.7 Å². The summed E-state index contributed by atoms with van der Waals surface area (Å²) in [4.78, 5) is 37.6. The Hall–Kier alpha value is -3.47. The molecule has 1 atom stereocenters. The van der Waals surface area contributed by atoms with E-state index in [1.807, 2.05) is 5.38 Å². The number of alkyl halides is 3. The molecule has 1 aromatic carbocycles. The van der Waals surface area contributed by atoms with Crippen molar-refractivity contribution in [3.8, 4) is 0 Å². The number of carbonyl (C=O) groups is 1. The zero-order valence-electron chi connectivity index (χ0n) is 22.8. The van der Waals surface area contributed by atoms with Crippen molar-refractivity contribution in [1.82, 2.24) is 14.5 Å². The number of carbonyl (C=O) groups excluding carboxylic acids is 1. The van der Waals surface area contributed by atoms with Gasteiger partial charge in [0.25, 0.3) is 5.56 Å². The lowest BCUT2D eigenvalue weighted by Gasteiger charge is -2.31. The molecule has 0 spiro atoms. The zero-order chi connectivity index (χ0) is 28.8. The third-order valence-corrected chi connectivity index (χ3v) is 8.74. The average molecular weight is 573 g/mol. The first-order chi connectivity index (χ1) is 18.9. The molecule has 3 aromatic rings. The highest BCUT2D eigenvalue weighted by Gasteiger charge is 2.35. The largest absolute Gasteiger partial charge is 0.421 e. The van der Waals surface area contributed by atoms with E-state index in [9.17, 15) is 22.8 Å². The first kappa shape index (κ1) is 28.1. The quantitative estimate of drug-likeness (QED) is 0.386. The van der Waals surface area contributed by atoms with Crippen LogP contribution in [-0.2, 0) is 22.4 Å². The predicted molar refractivity (Wildman–Crippen MR) is 147 cm³/mol. The molecule has 0 aliphatic carbocycles. The van der Waals surface area contributed by atoms with Gasteiger partial charge in [-0.1, -0.05) is 22.9 Å². The summed E-state index contributed by atoms with van der Waals surface area (Å²) in [6, 6.07) is 6.29. The molecule has 7 nitrogen and oxygen atoms in total. The Bertz CT molecular complexity index is 1510. The Kier molecular flexibility index (Phi) is 7.60. The van der Waals surface area contributed by atoms with E-state index in [0.717, 1.165) is 27.0 Å². The second-order valence-corrected chi connectivity index (χ2v) is 11.5. The lowest BCUT2D eigenvalue weighted by molar-refractivity contribution is -0.139. The molecule has 2 aromatic heterocycles. The maximum absolute atomic E-state index is 13.2. The van der Waals surface area contributed by atoms with Crippen LogP contribution in [0, 0.1) is 27.7 Å². The number of likely N-dealkylation sites (tertiary alicyclic amines) is 1. The average Bonchev–Trinajstić information content (AvgIpc) is 3.55. The van der Waals surface area contributed by atoms with Crippen molar-refractivity contribution in [3.05, 3.63) is 84.2 Å². The Morgan fingerprint density at radius 2 is 1.77 bits per heavy atom. The number of benzene rings is 1. The molecular formula is C29H31F3N4O3S. The van der Waals surface area contributed by atoms with Crippen molar-refractivity contribution >= 4 is 23.0 Å². The van der Waals surface area contributed by atoms with Crippen molar-refractivity contribution in [1.29, 1.82) is 0 Å². The molecule has 5 rings (SSSR count). The van der Waals surface area contributed by atoms with Crippen LogP contribution in [0.2, 0.25) is 0 Å². The molecule has 0 radical (unpaired) electrons. The summed E-state index contributed by atoms with van der Waals surface area (Å²) in [5.41, 5.74) is 4.24. The van der Waals surface area contributed by atoms with Gasteiger partial charge in [-0.2, -0.15) is 13.2 Å². The number of thiazole rings is 1. The number of hydrogen-bond donors (Lipinski definition) is 0. The molecule has 11 heteroatoms. The standard InChI is InChI=1S/C29H31F3N4O3S/c1-16-11-17(2)26(18(3)12-16)24-13-22(34-39-24)23-15-40-27(33-23)20-7-9-35(10-8-20)25(37)14-36-19(4)5-6-21(28(36)38)29(30,31)32/h5-6,11-12,15,20,24H,7-10,13-14H2,1-4H3. The Morgan fingerprint density at radius 3 is 2.42 bits per heavy atom. The van der Waals surface area contributed by atoms with Gasteiger partial charge in [0, 0.05) is 42.1 Å². The number of aromatic nitrogens is 2. The highest BCUT2D eigenvalue weighted by molar-refractivity contribution is 7.10. The number of amides is 1. The van der Waals surface area contributed by atoms with E-state index < -0.39 is 23.8 Å². The third-order valence-electron chi connectivity index (χ3n) is 7.73. The molecule has 2 aliphatic rings. The molecule has 0 bridgehead atoms. The summed E-state index contributed by atoms with van der Waals surface area (Å²) >= 11 is 1.57. The number of rotatable bonds is 5. The summed E-state index contributed by atoms with van der Waals surface area (Å²) in [7, 11) is 0. The van der Waals surface area contributed by atoms with Gasteiger partial charge >= 0.3 is 6.18 Å². The number of piperidine rings is 1. The minimum absolute atomic E-state index is 0.136. The van der Waals surface area contributed by atoms with Gasteiger partial charge in [0.2, 0.25) is 5.91 Å². The molecule has 1 saturated heterocycles. The van der Waals surface area contributed by atoms with Crippen LogP contribution in [0.1, 0.15) is 75.5 Å². The monoisotopic (exact) mass is 572 g/mol. The maximum atomic E-state index is 13.2. The SMILES string of the molecule is Cc1cc(C)c(C2CC(c3csc(C4CCN(C(=O)Cn5c(C)ccc(C(F)(F)F)c5=O)CC4)n3)=NO2)c(C)c1. The van der Waals surface area contributed by atoms with Crippen LogP contribution in [0.25, 0.3) is 0 Å². The van der Waals surface area contributed by atoms with E-state index in [0.29, 0.717) is 38.0 Å². The summed E-state index contributed by atoms with van der Waals surface area (Å²) in [6.45, 7) is 8.26. The highest BCUT2D eigenvalue weighted by Crippen LogP contribution is 2.36. The zero-order valence-corrected chi connectivity index (χ0v) is 23.7. The topological polar surface area (TPSA) is 76.8 Å². The maximum Gasteiger partial charge on any atom is 0.421 e. The number of nitrogens with zero attached hydrogens (tertiary/aromatic N) is 4. The van der Waals surface area contributed by atoms with Crippen LogP contribution in [-0.4, -0.2) is 39.2 Å². The van der Waals surface area contributed by atoms with E-state index in [4.69, 9.17) is 9.82 Å². The fourth-order valence-corrected chi connectivity index (χ4v) is 6.68. The lowest BCUT2D eigenvalue weighted by atomic mass is 9.93. The molecule has 40 heavy (non-hydrogen) atoms. The fraction of sp³-hybridized carbons (Fsp3) is 0.448. The number of hydrogen-bond acceptors (Lipinski definition) is 6. The molecule has 212 valence electrons. The van der Waals surface area contributed by atoms with Crippen LogP contribution >= 0.6 is 11.3 Å². The van der Waals surface area contributed by atoms with Crippen LogP contribution in [0.4, 0.5) is 13.2 Å². The van der Waals surface area contributed by atoms with Gasteiger partial charge in [-0.25, -0.2) is 4.98 Å². The summed E-state index contributed by atoms with van der Waals surface area (Å²) in [5, 5.41) is 7.32. The fourth-order valence-electron chi connectivity index (χ4n) is 5.68. The van der Waals surface area contributed by atoms with E-state index in [1.54, 1.807) is 16.2 Å². The van der Waals surface area contributed by atoms with Gasteiger partial charge in [0.15, 0.2) is 6.10 Å². The molecule has 1 fully saturated rings. The normalized spacial score (nSPS) is 18.1. The summed E-state index contributed by atoms with van der Waals surface area (Å²) < 4.78 is 40.4. The first-order valence-corrected chi connectivity index (χ1v) is 14.1. The van der Waals surface area contributed by atoms with Crippen LogP contribution < -0.4 is 5.56 Å². The van der Waals surface area contributed by atoms with Crippen molar-refractivity contribution < 1.29 is 22.8 Å². The number of halogens is 3. The molecule has 1 unspecified atom stereocenters. The van der Waals surface area contributed by atoms with Crippen molar-refractivity contribution in [2.75, 3.05) is 13.1 Å². The summed E-state index contributed by atoms with van der Waals surface area (Å²) in [6.07, 6.45) is -2.89. The van der Waals surface area contributed by atoms with Gasteiger partial charge in [0.1, 0.15) is 17.8 Å². The van der Waals surface area contributed by atoms with Gasteiger partial charge in [-0.15, -0.1) is 11.3 Å². The van der Waals surface area contributed by atoms with Gasteiger partial charge in [-0.05, 0) is 63.8 Å². The third kappa shape index (κ3) is 5.56.